The van der Waals surface area contributed by atoms with Gasteiger partial charge in [0.2, 0.25) is 11.8 Å². The molecule has 0 spiro atoms. The van der Waals surface area contributed by atoms with E-state index < -0.39 is 28.5 Å². The summed E-state index contributed by atoms with van der Waals surface area (Å²) in [6, 6.07) is 19.1. The predicted octanol–water partition coefficient (Wildman–Crippen LogP) is 4.80. The van der Waals surface area contributed by atoms with Crippen LogP contribution in [-0.2, 0) is 26.2 Å². The van der Waals surface area contributed by atoms with Crippen LogP contribution in [-0.4, -0.2) is 51.4 Å². The first-order valence-electron chi connectivity index (χ1n) is 12.7. The van der Waals surface area contributed by atoms with Crippen molar-refractivity contribution in [1.82, 2.24) is 10.2 Å². The molecule has 0 radical (unpaired) electrons. The smallest absolute Gasteiger partial charge is 0.264 e. The number of nitrogens with one attached hydrogen (secondary N) is 1. The van der Waals surface area contributed by atoms with Crippen LogP contribution >= 0.6 is 11.6 Å². The van der Waals surface area contributed by atoms with Gasteiger partial charge in [0.05, 0.1) is 17.2 Å². The molecule has 1 N–H and O–H groups in total. The van der Waals surface area contributed by atoms with Crippen LogP contribution < -0.4 is 14.4 Å². The molecule has 1 atom stereocenters. The van der Waals surface area contributed by atoms with Crippen LogP contribution in [0.3, 0.4) is 0 Å². The van der Waals surface area contributed by atoms with Gasteiger partial charge in [0, 0.05) is 18.6 Å². The second kappa shape index (κ2) is 13.5. The molecule has 0 aliphatic carbocycles. The van der Waals surface area contributed by atoms with Gasteiger partial charge in [-0.2, -0.15) is 0 Å². The molecule has 0 unspecified atom stereocenters. The van der Waals surface area contributed by atoms with E-state index in [1.807, 2.05) is 45.0 Å². The van der Waals surface area contributed by atoms with Crippen molar-refractivity contribution in [1.29, 1.82) is 0 Å². The molecule has 3 rings (SSSR count). The molecule has 8 nitrogen and oxygen atoms in total. The molecule has 39 heavy (non-hydrogen) atoms. The minimum atomic E-state index is -4.18. The number of hydrogen-bond acceptors (Lipinski definition) is 5. The molecule has 0 bridgehead atoms. The van der Waals surface area contributed by atoms with Crippen LogP contribution in [0.1, 0.15) is 31.4 Å². The Kier molecular flexibility index (Phi) is 10.4. The summed E-state index contributed by atoms with van der Waals surface area (Å²) in [5.41, 5.74) is 2.12. The fourth-order valence-electron chi connectivity index (χ4n) is 4.23. The molecule has 3 aromatic carbocycles. The van der Waals surface area contributed by atoms with E-state index in [4.69, 9.17) is 16.3 Å². The number of nitrogens with zero attached hydrogens (tertiary/aromatic N) is 2. The SMILES string of the molecule is CCOc1ccc(N(CC(=O)N(Cc2cccc(C)c2)[C@@H](CC)C(=O)NC)S(=O)(=O)c2ccc(Cl)cc2)cc1. The van der Waals surface area contributed by atoms with Crippen molar-refractivity contribution >= 4 is 39.1 Å². The molecule has 3 aromatic rings. The molecule has 0 heterocycles. The monoisotopic (exact) mass is 571 g/mol. The minimum absolute atomic E-state index is 0.0165. The lowest BCUT2D eigenvalue weighted by molar-refractivity contribution is -0.140. The van der Waals surface area contributed by atoms with Crippen molar-refractivity contribution in [2.75, 3.05) is 24.5 Å². The van der Waals surface area contributed by atoms with Crippen LogP contribution in [0.25, 0.3) is 0 Å². The molecule has 0 aromatic heterocycles. The lowest BCUT2D eigenvalue weighted by Crippen LogP contribution is -2.51. The second-order valence-corrected chi connectivity index (χ2v) is 11.2. The van der Waals surface area contributed by atoms with E-state index in [1.54, 1.807) is 24.3 Å². The molecule has 0 fully saturated rings. The summed E-state index contributed by atoms with van der Waals surface area (Å²) in [6.45, 7) is 5.69. The molecular weight excluding hydrogens is 538 g/mol. The Hall–Kier alpha value is -3.56. The van der Waals surface area contributed by atoms with Gasteiger partial charge in [-0.1, -0.05) is 48.4 Å². The fourth-order valence-corrected chi connectivity index (χ4v) is 5.77. The number of carbonyl (C=O) groups is 2. The molecular formula is C29H34ClN3O5S. The quantitative estimate of drug-likeness (QED) is 0.337. The van der Waals surface area contributed by atoms with Gasteiger partial charge in [0.25, 0.3) is 10.0 Å². The molecule has 208 valence electrons. The first-order chi connectivity index (χ1) is 18.6. The fraction of sp³-hybridized carbons (Fsp3) is 0.310. The van der Waals surface area contributed by atoms with Crippen molar-refractivity contribution in [3.63, 3.8) is 0 Å². The minimum Gasteiger partial charge on any atom is -0.494 e. The number of sulfonamides is 1. The van der Waals surface area contributed by atoms with E-state index in [0.717, 1.165) is 15.4 Å². The Balaban J connectivity index is 2.06. The molecule has 0 aliphatic rings. The van der Waals surface area contributed by atoms with Gasteiger partial charge >= 0.3 is 0 Å². The van der Waals surface area contributed by atoms with Crippen molar-refractivity contribution in [2.24, 2.45) is 0 Å². The van der Waals surface area contributed by atoms with Gasteiger partial charge in [-0.3, -0.25) is 13.9 Å². The summed E-state index contributed by atoms with van der Waals surface area (Å²) in [5, 5.41) is 3.01. The third kappa shape index (κ3) is 7.52. The number of anilines is 1. The first kappa shape index (κ1) is 30.0. The molecule has 0 aliphatic heterocycles. The summed E-state index contributed by atoms with van der Waals surface area (Å²) < 4.78 is 34.2. The third-order valence-corrected chi connectivity index (χ3v) is 8.22. The van der Waals surface area contributed by atoms with Gasteiger partial charge in [-0.15, -0.1) is 0 Å². The number of benzene rings is 3. The molecule has 10 heteroatoms. The topological polar surface area (TPSA) is 96.0 Å². The standard InChI is InChI=1S/C29H34ClN3O5S/c1-5-27(29(35)31-4)32(19-22-9-7-8-21(3)18-22)28(34)20-33(24-12-14-25(15-13-24)38-6-2)39(36,37)26-16-10-23(30)11-17-26/h7-18,27H,5-6,19-20H2,1-4H3,(H,31,35)/t27-/m0/s1. The van der Waals surface area contributed by atoms with E-state index in [9.17, 15) is 18.0 Å². The van der Waals surface area contributed by atoms with E-state index in [-0.39, 0.29) is 23.0 Å². The van der Waals surface area contributed by atoms with Crippen LogP contribution in [0.15, 0.2) is 77.7 Å². The van der Waals surface area contributed by atoms with Crippen molar-refractivity contribution < 1.29 is 22.7 Å². The summed E-state index contributed by atoms with van der Waals surface area (Å²) in [4.78, 5) is 28.1. The Labute approximate surface area is 235 Å². The highest BCUT2D eigenvalue weighted by molar-refractivity contribution is 7.92. The van der Waals surface area contributed by atoms with Crippen molar-refractivity contribution in [3.8, 4) is 5.75 Å². The highest BCUT2D eigenvalue weighted by atomic mass is 35.5. The van der Waals surface area contributed by atoms with Gasteiger partial charge in [0.15, 0.2) is 0 Å². The number of amides is 2. The van der Waals surface area contributed by atoms with Crippen molar-refractivity contribution in [3.05, 3.63) is 88.9 Å². The second-order valence-electron chi connectivity index (χ2n) is 8.94. The maximum Gasteiger partial charge on any atom is 0.264 e. The van der Waals surface area contributed by atoms with Gasteiger partial charge in [-0.05, 0) is 74.4 Å². The Morgan fingerprint density at radius 1 is 1.00 bits per heavy atom. The van der Waals surface area contributed by atoms with Crippen LogP contribution in [0, 0.1) is 6.92 Å². The Bertz CT molecular complexity index is 1380. The number of ether oxygens (including phenoxy) is 1. The molecule has 0 saturated heterocycles. The summed E-state index contributed by atoms with van der Waals surface area (Å²) in [7, 11) is -2.67. The molecule has 0 saturated carbocycles. The average molecular weight is 572 g/mol. The normalized spacial score (nSPS) is 11.9. The Morgan fingerprint density at radius 2 is 1.67 bits per heavy atom. The number of rotatable bonds is 12. The maximum absolute atomic E-state index is 13.9. The third-order valence-electron chi connectivity index (χ3n) is 6.18. The van der Waals surface area contributed by atoms with E-state index in [0.29, 0.717) is 23.8 Å². The van der Waals surface area contributed by atoms with Gasteiger partial charge in [0.1, 0.15) is 18.3 Å². The lowest BCUT2D eigenvalue weighted by atomic mass is 10.1. The summed E-state index contributed by atoms with van der Waals surface area (Å²) in [5.74, 6) is -0.270. The zero-order valence-corrected chi connectivity index (χ0v) is 24.1. The zero-order chi connectivity index (χ0) is 28.6. The maximum atomic E-state index is 13.9. The zero-order valence-electron chi connectivity index (χ0n) is 22.6. The largest absolute Gasteiger partial charge is 0.494 e. The number of aryl methyl sites for hydroxylation is 1. The van der Waals surface area contributed by atoms with Crippen molar-refractivity contribution in [2.45, 2.75) is 44.7 Å². The van der Waals surface area contributed by atoms with Crippen LogP contribution in [0.4, 0.5) is 5.69 Å². The highest BCUT2D eigenvalue weighted by Crippen LogP contribution is 2.27. The number of hydrogen-bond donors (Lipinski definition) is 1. The number of likely N-dealkylation sites (N-methyl/N-ethyl adjacent to an activating group) is 1. The van der Waals surface area contributed by atoms with Gasteiger partial charge in [-0.25, -0.2) is 8.42 Å². The number of carbonyl (C=O) groups excluding carboxylic acids is 2. The molecule has 2 amide bonds. The van der Waals surface area contributed by atoms with E-state index in [2.05, 4.69) is 5.32 Å². The first-order valence-corrected chi connectivity index (χ1v) is 14.5. The highest BCUT2D eigenvalue weighted by Gasteiger charge is 2.33. The Morgan fingerprint density at radius 3 is 2.23 bits per heavy atom. The summed E-state index contributed by atoms with van der Waals surface area (Å²) >= 11 is 5.99. The van der Waals surface area contributed by atoms with Crippen LogP contribution in [0.5, 0.6) is 5.75 Å². The summed E-state index contributed by atoms with van der Waals surface area (Å²) in [6.07, 6.45) is 0.351. The number of halogens is 1. The predicted molar refractivity (Wildman–Crippen MR) is 153 cm³/mol. The average Bonchev–Trinajstić information content (AvgIpc) is 2.92. The van der Waals surface area contributed by atoms with E-state index in [1.165, 1.54) is 36.2 Å². The van der Waals surface area contributed by atoms with Crippen LogP contribution in [0.2, 0.25) is 5.02 Å². The van der Waals surface area contributed by atoms with E-state index >= 15 is 0 Å². The lowest BCUT2D eigenvalue weighted by Gasteiger charge is -2.33. The van der Waals surface area contributed by atoms with Gasteiger partial charge < -0.3 is 15.0 Å².